The minimum atomic E-state index is -1.04. The largest absolute Gasteiger partial charge is 0.387 e. The molecule has 0 radical (unpaired) electrons. The summed E-state index contributed by atoms with van der Waals surface area (Å²) in [5, 5.41) is 9.36. The van der Waals surface area contributed by atoms with Gasteiger partial charge in [-0.1, -0.05) is 0 Å². The lowest BCUT2D eigenvalue weighted by Gasteiger charge is -2.29. The minimum absolute atomic E-state index is 0.431. The Morgan fingerprint density at radius 1 is 1.58 bits per heavy atom. The first kappa shape index (κ1) is 9.67. The summed E-state index contributed by atoms with van der Waals surface area (Å²) in [6, 6.07) is 0. The van der Waals surface area contributed by atoms with Gasteiger partial charge in [-0.05, 0) is 19.1 Å². The molecule has 0 aromatic rings. The Morgan fingerprint density at radius 3 is 2.50 bits per heavy atom. The van der Waals surface area contributed by atoms with Crippen LogP contribution >= 0.6 is 0 Å². The second kappa shape index (κ2) is 3.53. The molecule has 0 saturated carbocycles. The molecule has 0 aromatic heterocycles. The number of rotatable bonds is 3. The van der Waals surface area contributed by atoms with Crippen molar-refractivity contribution in [2.24, 2.45) is 0 Å². The number of ether oxygens (including phenoxy) is 3. The van der Waals surface area contributed by atoms with Crippen molar-refractivity contribution < 1.29 is 19.3 Å². The number of hydrogen-bond donors (Lipinski definition) is 1. The first-order chi connectivity index (χ1) is 5.64. The van der Waals surface area contributed by atoms with Gasteiger partial charge in [0, 0.05) is 14.2 Å². The molecule has 4 nitrogen and oxygen atoms in total. The maximum Gasteiger partial charge on any atom is 0.217 e. The van der Waals surface area contributed by atoms with Crippen molar-refractivity contribution in [2.45, 2.75) is 25.1 Å². The monoisotopic (exact) mass is 174 g/mol. The lowest BCUT2D eigenvalue weighted by molar-refractivity contribution is -0.275. The Balaban J connectivity index is 2.68. The van der Waals surface area contributed by atoms with Crippen LogP contribution in [0.1, 0.15) is 6.92 Å². The van der Waals surface area contributed by atoms with E-state index < -0.39 is 18.2 Å². The summed E-state index contributed by atoms with van der Waals surface area (Å²) < 4.78 is 15.3. The van der Waals surface area contributed by atoms with Crippen LogP contribution in [0, 0.1) is 0 Å². The average Bonchev–Trinajstić information content (AvgIpc) is 2.48. The first-order valence-electron chi connectivity index (χ1n) is 3.78. The zero-order chi connectivity index (χ0) is 9.19. The third-order valence-electron chi connectivity index (χ3n) is 1.92. The van der Waals surface area contributed by atoms with Gasteiger partial charge in [-0.25, -0.2) is 0 Å². The second-order valence-corrected chi connectivity index (χ2v) is 2.68. The van der Waals surface area contributed by atoms with Crippen molar-refractivity contribution in [3.05, 3.63) is 12.2 Å². The fraction of sp³-hybridized carbons (Fsp3) is 0.750. The highest BCUT2D eigenvalue weighted by molar-refractivity contribution is 5.07. The molecular formula is C8H14O4. The van der Waals surface area contributed by atoms with E-state index >= 15 is 0 Å². The van der Waals surface area contributed by atoms with Crippen LogP contribution in [0.5, 0.6) is 0 Å². The van der Waals surface area contributed by atoms with E-state index in [0.29, 0.717) is 0 Å². The summed E-state index contributed by atoms with van der Waals surface area (Å²) in [5.74, 6) is -1.04. The molecule has 1 rings (SSSR count). The molecule has 0 unspecified atom stereocenters. The maximum absolute atomic E-state index is 9.36. The Labute approximate surface area is 71.7 Å². The van der Waals surface area contributed by atoms with Gasteiger partial charge < -0.3 is 19.3 Å². The van der Waals surface area contributed by atoms with Crippen LogP contribution in [0.25, 0.3) is 0 Å². The summed E-state index contributed by atoms with van der Waals surface area (Å²) in [7, 11) is 3.01. The third-order valence-corrected chi connectivity index (χ3v) is 1.92. The van der Waals surface area contributed by atoms with Crippen molar-refractivity contribution in [2.75, 3.05) is 14.2 Å². The van der Waals surface area contributed by atoms with Crippen LogP contribution in [0.15, 0.2) is 12.2 Å². The second-order valence-electron chi connectivity index (χ2n) is 2.68. The molecular weight excluding hydrogens is 160 g/mol. The van der Waals surface area contributed by atoms with E-state index in [1.165, 1.54) is 14.2 Å². The Hall–Kier alpha value is -0.420. The quantitative estimate of drug-likeness (QED) is 0.624. The van der Waals surface area contributed by atoms with Gasteiger partial charge in [0.25, 0.3) is 0 Å². The average molecular weight is 174 g/mol. The predicted octanol–water partition coefficient (Wildman–Crippen LogP) is 0.269. The number of hydrogen-bond acceptors (Lipinski definition) is 4. The first-order valence-corrected chi connectivity index (χ1v) is 3.78. The molecule has 1 aliphatic heterocycles. The van der Waals surface area contributed by atoms with Gasteiger partial charge >= 0.3 is 0 Å². The molecule has 4 heteroatoms. The lowest BCUT2D eigenvalue weighted by atomic mass is 10.2. The molecule has 3 atom stereocenters. The van der Waals surface area contributed by atoms with E-state index in [1.54, 1.807) is 19.1 Å². The molecule has 0 bridgehead atoms. The summed E-state index contributed by atoms with van der Waals surface area (Å²) in [5.41, 5.74) is 0. The van der Waals surface area contributed by atoms with E-state index in [-0.39, 0.29) is 0 Å². The maximum atomic E-state index is 9.36. The predicted molar refractivity (Wildman–Crippen MR) is 42.4 cm³/mol. The zero-order valence-electron chi connectivity index (χ0n) is 7.48. The van der Waals surface area contributed by atoms with E-state index in [9.17, 15) is 5.11 Å². The lowest BCUT2D eigenvalue weighted by Crippen LogP contribution is -2.42. The van der Waals surface area contributed by atoms with Crippen molar-refractivity contribution in [1.29, 1.82) is 0 Å². The summed E-state index contributed by atoms with van der Waals surface area (Å²) >= 11 is 0. The van der Waals surface area contributed by atoms with Crippen LogP contribution < -0.4 is 0 Å². The topological polar surface area (TPSA) is 47.9 Å². The van der Waals surface area contributed by atoms with E-state index in [2.05, 4.69) is 0 Å². The van der Waals surface area contributed by atoms with Gasteiger partial charge in [0.2, 0.25) is 5.79 Å². The number of aliphatic hydroxyl groups is 1. The van der Waals surface area contributed by atoms with Gasteiger partial charge in [-0.3, -0.25) is 0 Å². The number of aliphatic hydroxyl groups excluding tert-OH is 1. The molecule has 1 aliphatic rings. The van der Waals surface area contributed by atoms with Crippen molar-refractivity contribution in [1.82, 2.24) is 0 Å². The number of methoxy groups -OCH3 is 2. The molecule has 0 amide bonds. The highest BCUT2D eigenvalue weighted by Gasteiger charge is 2.40. The standard InChI is InChI=1S/C8H14O4/c1-6(9)8(11-3)5-4-7(10-2)12-8/h4-7,9H,1-3H3/t6-,7-,8+/m0/s1. The van der Waals surface area contributed by atoms with Crippen LogP contribution in [0.4, 0.5) is 0 Å². The Kier molecular flexibility index (Phi) is 2.85. The minimum Gasteiger partial charge on any atom is -0.387 e. The molecule has 0 saturated heterocycles. The molecule has 70 valence electrons. The van der Waals surface area contributed by atoms with Gasteiger partial charge in [0.1, 0.15) is 6.10 Å². The molecule has 1 heterocycles. The SMILES string of the molecule is CO[C@@H]1C=C[C@](OC)([C@H](C)O)O1. The molecule has 0 fully saturated rings. The van der Waals surface area contributed by atoms with Crippen LogP contribution in [-0.4, -0.2) is 37.5 Å². The van der Waals surface area contributed by atoms with Gasteiger partial charge in [0.05, 0.1) is 0 Å². The van der Waals surface area contributed by atoms with Crippen LogP contribution in [-0.2, 0) is 14.2 Å². The fourth-order valence-corrected chi connectivity index (χ4v) is 1.12. The van der Waals surface area contributed by atoms with E-state index in [4.69, 9.17) is 14.2 Å². The molecule has 0 aliphatic carbocycles. The summed E-state index contributed by atoms with van der Waals surface area (Å²) in [6.07, 6.45) is 2.21. The van der Waals surface area contributed by atoms with Gasteiger partial charge in [0.15, 0.2) is 6.29 Å². The molecule has 1 N–H and O–H groups in total. The zero-order valence-corrected chi connectivity index (χ0v) is 7.48. The highest BCUT2D eigenvalue weighted by Crippen LogP contribution is 2.27. The van der Waals surface area contributed by atoms with Crippen molar-refractivity contribution in [3.8, 4) is 0 Å². The Morgan fingerprint density at radius 2 is 2.25 bits per heavy atom. The van der Waals surface area contributed by atoms with Crippen molar-refractivity contribution >= 4 is 0 Å². The normalized spacial score (nSPS) is 37.2. The third kappa shape index (κ3) is 1.51. The summed E-state index contributed by atoms with van der Waals surface area (Å²) in [6.45, 7) is 1.60. The van der Waals surface area contributed by atoms with Gasteiger partial charge in [-0.2, -0.15) is 0 Å². The fourth-order valence-electron chi connectivity index (χ4n) is 1.12. The van der Waals surface area contributed by atoms with Crippen LogP contribution in [0.2, 0.25) is 0 Å². The van der Waals surface area contributed by atoms with E-state index in [1.807, 2.05) is 0 Å². The van der Waals surface area contributed by atoms with E-state index in [0.717, 1.165) is 0 Å². The Bertz CT molecular complexity index is 178. The van der Waals surface area contributed by atoms with Crippen molar-refractivity contribution in [3.63, 3.8) is 0 Å². The van der Waals surface area contributed by atoms with Gasteiger partial charge in [-0.15, -0.1) is 0 Å². The summed E-state index contributed by atoms with van der Waals surface area (Å²) in [4.78, 5) is 0. The molecule has 12 heavy (non-hydrogen) atoms. The highest BCUT2D eigenvalue weighted by atomic mass is 16.8. The smallest absolute Gasteiger partial charge is 0.217 e. The van der Waals surface area contributed by atoms with Crippen LogP contribution in [0.3, 0.4) is 0 Å². The molecule has 0 aromatic carbocycles. The molecule has 0 spiro atoms.